The Balaban J connectivity index is 1.99. The van der Waals surface area contributed by atoms with Crippen molar-refractivity contribution in [2.45, 2.75) is 38.5 Å². The number of anilines is 1. The normalized spacial score (nSPS) is 11.1. The van der Waals surface area contributed by atoms with E-state index in [2.05, 4.69) is 5.32 Å². The lowest BCUT2D eigenvalue weighted by Gasteiger charge is -2.24. The highest BCUT2D eigenvalue weighted by Gasteiger charge is 2.24. The van der Waals surface area contributed by atoms with Crippen molar-refractivity contribution in [2.75, 3.05) is 5.32 Å². The number of nitrogens with one attached hydrogen (secondary N) is 1. The standard InChI is InChI=1S/C20H23NO3/c1-20(2,16-8-4-3-5-9-16)14-18(22)21-17-10-6-7-15(13-17)11-12-19(23)24/h3-10,13H,11-12,14H2,1-2H3,(H,21,22)(H,23,24). The van der Waals surface area contributed by atoms with Crippen molar-refractivity contribution in [3.8, 4) is 0 Å². The number of hydrogen-bond donors (Lipinski definition) is 2. The Morgan fingerprint density at radius 2 is 1.75 bits per heavy atom. The van der Waals surface area contributed by atoms with Crippen LogP contribution in [0.3, 0.4) is 0 Å². The van der Waals surface area contributed by atoms with Gasteiger partial charge in [-0.3, -0.25) is 9.59 Å². The van der Waals surface area contributed by atoms with Crippen LogP contribution >= 0.6 is 0 Å². The van der Waals surface area contributed by atoms with E-state index in [4.69, 9.17) is 5.11 Å². The van der Waals surface area contributed by atoms with Crippen LogP contribution in [0.15, 0.2) is 54.6 Å². The third-order valence-corrected chi connectivity index (χ3v) is 4.00. The molecule has 0 spiro atoms. The summed E-state index contributed by atoms with van der Waals surface area (Å²) in [5.74, 6) is -0.881. The van der Waals surface area contributed by atoms with Gasteiger partial charge in [0.1, 0.15) is 0 Å². The maximum Gasteiger partial charge on any atom is 0.303 e. The van der Waals surface area contributed by atoms with Crippen molar-refractivity contribution < 1.29 is 14.7 Å². The van der Waals surface area contributed by atoms with Crippen LogP contribution in [0.1, 0.15) is 37.8 Å². The molecule has 2 rings (SSSR count). The summed E-state index contributed by atoms with van der Waals surface area (Å²) < 4.78 is 0. The number of amides is 1. The van der Waals surface area contributed by atoms with Gasteiger partial charge in [0.05, 0.1) is 0 Å². The quantitative estimate of drug-likeness (QED) is 0.808. The molecule has 0 aromatic heterocycles. The summed E-state index contributed by atoms with van der Waals surface area (Å²) in [6, 6.07) is 17.3. The van der Waals surface area contributed by atoms with Gasteiger partial charge < -0.3 is 10.4 Å². The number of aliphatic carboxylic acids is 1. The van der Waals surface area contributed by atoms with Crippen molar-refractivity contribution in [1.82, 2.24) is 0 Å². The topological polar surface area (TPSA) is 66.4 Å². The van der Waals surface area contributed by atoms with E-state index in [-0.39, 0.29) is 17.7 Å². The molecule has 2 N–H and O–H groups in total. The summed E-state index contributed by atoms with van der Waals surface area (Å²) in [7, 11) is 0. The first-order valence-corrected chi connectivity index (χ1v) is 8.03. The van der Waals surface area contributed by atoms with Crippen LogP contribution in [0.2, 0.25) is 0 Å². The van der Waals surface area contributed by atoms with E-state index >= 15 is 0 Å². The lowest BCUT2D eigenvalue weighted by atomic mass is 9.81. The Morgan fingerprint density at radius 1 is 1.04 bits per heavy atom. The molecular weight excluding hydrogens is 302 g/mol. The number of carboxylic acid groups (broad SMARTS) is 1. The molecule has 4 heteroatoms. The minimum Gasteiger partial charge on any atom is -0.481 e. The SMILES string of the molecule is CC(C)(CC(=O)Nc1cccc(CCC(=O)O)c1)c1ccccc1. The fraction of sp³-hybridized carbons (Fsp3) is 0.300. The van der Waals surface area contributed by atoms with Gasteiger partial charge in [0.25, 0.3) is 0 Å². The number of rotatable bonds is 7. The Hall–Kier alpha value is -2.62. The summed E-state index contributed by atoms with van der Waals surface area (Å²) >= 11 is 0. The molecule has 0 aliphatic rings. The molecule has 0 atom stereocenters. The summed E-state index contributed by atoms with van der Waals surface area (Å²) in [5.41, 5.74) is 2.46. The molecule has 0 heterocycles. The van der Waals surface area contributed by atoms with Gasteiger partial charge in [-0.2, -0.15) is 0 Å². The highest BCUT2D eigenvalue weighted by Crippen LogP contribution is 2.27. The first kappa shape index (κ1) is 17.7. The maximum absolute atomic E-state index is 12.4. The predicted octanol–water partition coefficient (Wildman–Crippen LogP) is 4.01. The first-order chi connectivity index (χ1) is 11.4. The van der Waals surface area contributed by atoms with E-state index in [1.165, 1.54) is 0 Å². The average Bonchev–Trinajstić information content (AvgIpc) is 2.53. The van der Waals surface area contributed by atoms with Gasteiger partial charge in [0, 0.05) is 18.5 Å². The monoisotopic (exact) mass is 325 g/mol. The van der Waals surface area contributed by atoms with Crippen LogP contribution in [-0.4, -0.2) is 17.0 Å². The Labute approximate surface area is 142 Å². The molecule has 0 radical (unpaired) electrons. The Bertz CT molecular complexity index is 708. The van der Waals surface area contributed by atoms with Crippen molar-refractivity contribution in [1.29, 1.82) is 0 Å². The number of benzene rings is 2. The smallest absolute Gasteiger partial charge is 0.303 e. The molecule has 1 amide bonds. The van der Waals surface area contributed by atoms with Crippen molar-refractivity contribution in [2.24, 2.45) is 0 Å². The highest BCUT2D eigenvalue weighted by molar-refractivity contribution is 5.91. The van der Waals surface area contributed by atoms with E-state index in [0.29, 0.717) is 18.5 Å². The number of aryl methyl sites for hydroxylation is 1. The van der Waals surface area contributed by atoms with E-state index < -0.39 is 5.97 Å². The van der Waals surface area contributed by atoms with Gasteiger partial charge in [-0.25, -0.2) is 0 Å². The zero-order valence-corrected chi connectivity index (χ0v) is 14.1. The summed E-state index contributed by atoms with van der Waals surface area (Å²) in [4.78, 5) is 23.0. The van der Waals surface area contributed by atoms with E-state index in [1.54, 1.807) is 0 Å². The van der Waals surface area contributed by atoms with Crippen molar-refractivity contribution in [3.63, 3.8) is 0 Å². The second-order valence-electron chi connectivity index (χ2n) is 6.57. The summed E-state index contributed by atoms with van der Waals surface area (Å²) in [6.07, 6.45) is 0.906. The molecule has 2 aromatic carbocycles. The van der Waals surface area contributed by atoms with Crippen LogP contribution in [0.4, 0.5) is 5.69 Å². The van der Waals surface area contributed by atoms with Crippen molar-refractivity contribution >= 4 is 17.6 Å². The first-order valence-electron chi connectivity index (χ1n) is 8.03. The maximum atomic E-state index is 12.4. The summed E-state index contributed by atoms with van der Waals surface area (Å²) in [6.45, 7) is 4.09. The molecule has 24 heavy (non-hydrogen) atoms. The third-order valence-electron chi connectivity index (χ3n) is 4.00. The van der Waals surface area contributed by atoms with Crippen LogP contribution < -0.4 is 5.32 Å². The van der Waals surface area contributed by atoms with Crippen molar-refractivity contribution in [3.05, 3.63) is 65.7 Å². The molecule has 2 aromatic rings. The lowest BCUT2D eigenvalue weighted by Crippen LogP contribution is -2.25. The minimum atomic E-state index is -0.825. The van der Waals surface area contributed by atoms with Gasteiger partial charge >= 0.3 is 5.97 Å². The average molecular weight is 325 g/mol. The van der Waals surface area contributed by atoms with Gasteiger partial charge in [0.2, 0.25) is 5.91 Å². The fourth-order valence-corrected chi connectivity index (χ4v) is 2.65. The molecule has 0 aliphatic heterocycles. The highest BCUT2D eigenvalue weighted by atomic mass is 16.4. The Kier molecular flexibility index (Phi) is 5.74. The fourth-order valence-electron chi connectivity index (χ4n) is 2.65. The molecule has 0 fully saturated rings. The zero-order chi connectivity index (χ0) is 17.6. The molecule has 126 valence electrons. The van der Waals surface area contributed by atoms with E-state index in [0.717, 1.165) is 11.1 Å². The molecule has 0 bridgehead atoms. The van der Waals surface area contributed by atoms with Crippen LogP contribution in [0.5, 0.6) is 0 Å². The second kappa shape index (κ2) is 7.77. The largest absolute Gasteiger partial charge is 0.481 e. The Morgan fingerprint density at radius 3 is 2.42 bits per heavy atom. The van der Waals surface area contributed by atoms with Gasteiger partial charge in [-0.15, -0.1) is 0 Å². The van der Waals surface area contributed by atoms with Gasteiger partial charge in [-0.1, -0.05) is 56.3 Å². The minimum absolute atomic E-state index is 0.0563. The third kappa shape index (κ3) is 5.23. The van der Waals surface area contributed by atoms with E-state index in [9.17, 15) is 9.59 Å². The lowest BCUT2D eigenvalue weighted by molar-refractivity contribution is -0.137. The van der Waals surface area contributed by atoms with Gasteiger partial charge in [0.15, 0.2) is 0 Å². The van der Waals surface area contributed by atoms with Gasteiger partial charge in [-0.05, 0) is 35.1 Å². The second-order valence-corrected chi connectivity index (χ2v) is 6.57. The molecule has 0 unspecified atom stereocenters. The zero-order valence-electron chi connectivity index (χ0n) is 14.1. The number of carbonyl (C=O) groups is 2. The molecule has 0 saturated heterocycles. The molecule has 4 nitrogen and oxygen atoms in total. The van der Waals surface area contributed by atoms with Crippen LogP contribution in [-0.2, 0) is 21.4 Å². The van der Waals surface area contributed by atoms with E-state index in [1.807, 2.05) is 68.4 Å². The number of carboxylic acids is 1. The molecule has 0 aliphatic carbocycles. The molecule has 0 saturated carbocycles. The predicted molar refractivity (Wildman–Crippen MR) is 95.1 cm³/mol. The molecular formula is C20H23NO3. The number of carbonyl (C=O) groups excluding carboxylic acids is 1. The van der Waals surface area contributed by atoms with Crippen LogP contribution in [0.25, 0.3) is 0 Å². The van der Waals surface area contributed by atoms with Crippen LogP contribution in [0, 0.1) is 0 Å². The number of hydrogen-bond acceptors (Lipinski definition) is 2. The summed E-state index contributed by atoms with van der Waals surface area (Å²) in [5, 5.41) is 11.7.